The van der Waals surface area contributed by atoms with E-state index in [9.17, 15) is 4.79 Å². The predicted octanol–water partition coefficient (Wildman–Crippen LogP) is 3.09. The molecule has 2 N–H and O–H groups in total. The number of nitrogens with one attached hydrogen (secondary N) is 2. The number of aromatic amines is 1. The van der Waals surface area contributed by atoms with Gasteiger partial charge in [-0.3, -0.25) is 14.5 Å². The van der Waals surface area contributed by atoms with Crippen molar-refractivity contribution < 1.29 is 9.53 Å². The van der Waals surface area contributed by atoms with Crippen molar-refractivity contribution in [3.8, 4) is 17.1 Å². The number of carbonyl (C=O) groups is 1. The minimum atomic E-state index is -0.0540. The first-order valence-corrected chi connectivity index (χ1v) is 9.33. The lowest BCUT2D eigenvalue weighted by Gasteiger charge is -2.08. The van der Waals surface area contributed by atoms with Crippen LogP contribution in [-0.4, -0.2) is 32.8 Å². The molecule has 1 amide bonds. The highest BCUT2D eigenvalue weighted by atomic mass is 32.1. The van der Waals surface area contributed by atoms with Gasteiger partial charge in [0.05, 0.1) is 13.7 Å². The summed E-state index contributed by atoms with van der Waals surface area (Å²) in [7, 11) is 1.62. The molecule has 0 saturated heterocycles. The average molecular weight is 390 g/mol. The minimum absolute atomic E-state index is 0.0540. The smallest absolute Gasteiger partial charge is 0.222 e. The van der Waals surface area contributed by atoms with Crippen LogP contribution in [0, 0.1) is 11.7 Å². The molecule has 26 heavy (non-hydrogen) atoms. The van der Waals surface area contributed by atoms with Crippen molar-refractivity contribution in [2.45, 2.75) is 26.4 Å². The van der Waals surface area contributed by atoms with Crippen LogP contribution in [0.3, 0.4) is 0 Å². The number of ether oxygens (including phenoxy) is 1. The van der Waals surface area contributed by atoms with Gasteiger partial charge in [-0.1, -0.05) is 0 Å². The van der Waals surface area contributed by atoms with E-state index in [1.807, 2.05) is 41.1 Å². The highest BCUT2D eigenvalue weighted by Crippen LogP contribution is 2.21. The van der Waals surface area contributed by atoms with E-state index in [0.717, 1.165) is 22.0 Å². The van der Waals surface area contributed by atoms with Crippen LogP contribution in [0.4, 0.5) is 0 Å². The first kappa shape index (κ1) is 18.3. The Morgan fingerprint density at radius 3 is 2.81 bits per heavy atom. The van der Waals surface area contributed by atoms with Gasteiger partial charge in [0.2, 0.25) is 5.91 Å². The van der Waals surface area contributed by atoms with Crippen LogP contribution >= 0.6 is 23.6 Å². The Kier molecular flexibility index (Phi) is 5.79. The Hall–Kier alpha value is -2.52. The third-order valence-electron chi connectivity index (χ3n) is 3.77. The monoisotopic (exact) mass is 389 g/mol. The fourth-order valence-electron chi connectivity index (χ4n) is 2.45. The van der Waals surface area contributed by atoms with Gasteiger partial charge in [-0.05, 0) is 43.4 Å². The number of hydrogen-bond acceptors (Lipinski definition) is 6. The number of aromatic nitrogens is 4. The van der Waals surface area contributed by atoms with E-state index >= 15 is 0 Å². The molecule has 0 saturated carbocycles. The molecular weight excluding hydrogens is 370 g/mol. The number of carbonyl (C=O) groups excluding carboxylic acids is 1. The molecule has 136 valence electrons. The molecule has 3 aromatic rings. The van der Waals surface area contributed by atoms with Crippen LogP contribution in [0.25, 0.3) is 11.4 Å². The van der Waals surface area contributed by atoms with Crippen molar-refractivity contribution in [3.63, 3.8) is 0 Å². The van der Waals surface area contributed by atoms with E-state index in [1.54, 1.807) is 7.11 Å². The number of amides is 1. The topological polar surface area (TPSA) is 84.8 Å². The van der Waals surface area contributed by atoms with Crippen LogP contribution in [-0.2, 0) is 17.9 Å². The maximum atomic E-state index is 12.1. The Bertz CT molecular complexity index is 943. The molecule has 0 spiro atoms. The molecule has 2 aromatic heterocycles. The molecule has 0 aliphatic carbocycles. The third-order valence-corrected chi connectivity index (χ3v) is 5.05. The standard InChI is InChI=1S/C17H19N5O2S2/c1-11-10-26-15(19-11)9-18-14(23)7-8-22-16(20-21-17(22)25)12-3-5-13(24-2)6-4-12/h3-6,10H,7-9H2,1-2H3,(H,18,23)(H,21,25). The summed E-state index contributed by atoms with van der Waals surface area (Å²) < 4.78 is 7.48. The summed E-state index contributed by atoms with van der Waals surface area (Å²) in [5, 5.41) is 12.8. The normalized spacial score (nSPS) is 10.7. The predicted molar refractivity (Wildman–Crippen MR) is 103 cm³/mol. The van der Waals surface area contributed by atoms with E-state index in [1.165, 1.54) is 11.3 Å². The average Bonchev–Trinajstić information content (AvgIpc) is 3.23. The van der Waals surface area contributed by atoms with Crippen LogP contribution in [0.2, 0.25) is 0 Å². The van der Waals surface area contributed by atoms with Gasteiger partial charge in [0.25, 0.3) is 0 Å². The van der Waals surface area contributed by atoms with Crippen molar-refractivity contribution in [2.75, 3.05) is 7.11 Å². The maximum absolute atomic E-state index is 12.1. The van der Waals surface area contributed by atoms with E-state index in [-0.39, 0.29) is 5.91 Å². The van der Waals surface area contributed by atoms with Gasteiger partial charge in [-0.15, -0.1) is 11.3 Å². The zero-order chi connectivity index (χ0) is 18.5. The van der Waals surface area contributed by atoms with Crippen LogP contribution in [0.5, 0.6) is 5.75 Å². The lowest BCUT2D eigenvalue weighted by molar-refractivity contribution is -0.121. The van der Waals surface area contributed by atoms with Crippen LogP contribution in [0.1, 0.15) is 17.1 Å². The molecule has 0 atom stereocenters. The van der Waals surface area contributed by atoms with E-state index in [0.29, 0.717) is 30.1 Å². The van der Waals surface area contributed by atoms with E-state index in [4.69, 9.17) is 17.0 Å². The summed E-state index contributed by atoms with van der Waals surface area (Å²) in [6.07, 6.45) is 0.307. The number of methoxy groups -OCH3 is 1. The van der Waals surface area contributed by atoms with Crippen molar-refractivity contribution in [2.24, 2.45) is 0 Å². The SMILES string of the molecule is COc1ccc(-c2n[nH]c(=S)n2CCC(=O)NCc2nc(C)cs2)cc1. The van der Waals surface area contributed by atoms with Crippen LogP contribution in [0.15, 0.2) is 29.6 Å². The Balaban J connectivity index is 1.63. The first-order chi connectivity index (χ1) is 12.6. The molecule has 3 rings (SSSR count). The summed E-state index contributed by atoms with van der Waals surface area (Å²) in [5.74, 6) is 1.41. The van der Waals surface area contributed by atoms with Gasteiger partial charge in [0, 0.05) is 29.6 Å². The second-order valence-corrected chi connectivity index (χ2v) is 6.97. The van der Waals surface area contributed by atoms with E-state index < -0.39 is 0 Å². The third kappa shape index (κ3) is 4.36. The van der Waals surface area contributed by atoms with Crippen molar-refractivity contribution in [3.05, 3.63) is 45.1 Å². The largest absolute Gasteiger partial charge is 0.497 e. The van der Waals surface area contributed by atoms with Gasteiger partial charge in [-0.2, -0.15) is 5.10 Å². The Morgan fingerprint density at radius 2 is 2.15 bits per heavy atom. The van der Waals surface area contributed by atoms with Gasteiger partial charge in [-0.25, -0.2) is 4.98 Å². The first-order valence-electron chi connectivity index (χ1n) is 8.04. The van der Waals surface area contributed by atoms with Crippen molar-refractivity contribution in [1.82, 2.24) is 25.1 Å². The molecule has 0 fully saturated rings. The highest BCUT2D eigenvalue weighted by molar-refractivity contribution is 7.71. The van der Waals surface area contributed by atoms with Gasteiger partial charge >= 0.3 is 0 Å². The number of H-pyrrole nitrogens is 1. The Morgan fingerprint density at radius 1 is 1.38 bits per heavy atom. The van der Waals surface area contributed by atoms with Crippen molar-refractivity contribution >= 4 is 29.5 Å². The fraction of sp³-hybridized carbons (Fsp3) is 0.294. The molecule has 1 aromatic carbocycles. The number of rotatable bonds is 7. The molecule has 0 aliphatic heterocycles. The summed E-state index contributed by atoms with van der Waals surface area (Å²) >= 11 is 6.84. The zero-order valence-electron chi connectivity index (χ0n) is 14.5. The number of benzene rings is 1. The molecule has 2 heterocycles. The fourth-order valence-corrected chi connectivity index (χ4v) is 3.38. The molecule has 0 unspecified atom stereocenters. The van der Waals surface area contributed by atoms with Gasteiger partial charge < -0.3 is 10.1 Å². The lowest BCUT2D eigenvalue weighted by Crippen LogP contribution is -2.24. The molecule has 0 bridgehead atoms. The summed E-state index contributed by atoms with van der Waals surface area (Å²) in [6.45, 7) is 2.82. The highest BCUT2D eigenvalue weighted by Gasteiger charge is 2.11. The number of hydrogen-bond donors (Lipinski definition) is 2. The number of nitrogens with zero attached hydrogens (tertiary/aromatic N) is 3. The zero-order valence-corrected chi connectivity index (χ0v) is 16.1. The second kappa shape index (κ2) is 8.24. The Labute approximate surface area is 160 Å². The van der Waals surface area contributed by atoms with Crippen LogP contribution < -0.4 is 10.1 Å². The molecule has 0 radical (unpaired) electrons. The van der Waals surface area contributed by atoms with Gasteiger partial charge in [0.15, 0.2) is 10.6 Å². The number of aryl methyl sites for hydroxylation is 1. The quantitative estimate of drug-likeness (QED) is 0.607. The lowest BCUT2D eigenvalue weighted by atomic mass is 10.2. The summed E-state index contributed by atoms with van der Waals surface area (Å²) in [4.78, 5) is 16.5. The van der Waals surface area contributed by atoms with E-state index in [2.05, 4.69) is 20.5 Å². The summed E-state index contributed by atoms with van der Waals surface area (Å²) in [5.41, 5.74) is 1.87. The summed E-state index contributed by atoms with van der Waals surface area (Å²) in [6, 6.07) is 7.54. The van der Waals surface area contributed by atoms with Gasteiger partial charge in [0.1, 0.15) is 10.8 Å². The second-order valence-electron chi connectivity index (χ2n) is 5.64. The molecule has 7 nitrogen and oxygen atoms in total. The molecule has 0 aliphatic rings. The minimum Gasteiger partial charge on any atom is -0.497 e. The maximum Gasteiger partial charge on any atom is 0.222 e. The number of thiazole rings is 1. The molecular formula is C17H19N5O2S2. The molecule has 9 heteroatoms. The van der Waals surface area contributed by atoms with Crippen molar-refractivity contribution in [1.29, 1.82) is 0 Å².